The molecule has 2 aliphatic carbocycles. The molecule has 0 radical (unpaired) electrons. The van der Waals surface area contributed by atoms with Gasteiger partial charge in [0.2, 0.25) is 10.0 Å². The summed E-state index contributed by atoms with van der Waals surface area (Å²) < 4.78 is 58.4. The summed E-state index contributed by atoms with van der Waals surface area (Å²) in [6.45, 7) is 5.15. The first kappa shape index (κ1) is 33.9. The largest absolute Gasteiger partial charge is 0.491 e. The van der Waals surface area contributed by atoms with Gasteiger partial charge in [-0.3, -0.25) is 4.79 Å². The molecule has 1 amide bonds. The van der Waals surface area contributed by atoms with E-state index < -0.39 is 32.6 Å². The number of nitrogens with one attached hydrogen (secondary N) is 1. The summed E-state index contributed by atoms with van der Waals surface area (Å²) in [4.78, 5) is 24.5. The Bertz CT molecular complexity index is 1860. The van der Waals surface area contributed by atoms with Gasteiger partial charge in [-0.1, -0.05) is 36.7 Å². The third-order valence-corrected chi connectivity index (χ3v) is 13.4. The smallest absolute Gasteiger partial charge is 0.264 e. The molecule has 1 saturated carbocycles. The maximum atomic E-state index is 15.5. The fourth-order valence-electron chi connectivity index (χ4n) is 7.99. The second-order valence-electron chi connectivity index (χ2n) is 14.0. The summed E-state index contributed by atoms with van der Waals surface area (Å²) >= 11 is 6.27. The Labute approximate surface area is 292 Å². The highest BCUT2D eigenvalue weighted by Gasteiger charge is 2.52. The van der Waals surface area contributed by atoms with Crippen LogP contribution in [0.5, 0.6) is 5.75 Å². The molecule has 260 valence electrons. The standard InChI is InChI=1S/C37H42ClFN4O5S/c1-23-24(2)49(45,46)42-36(44)25-9-12-33-32(18-25)43(20-27-8-11-31(38)35(39)29(27)6-3-4-17-47-33)21-28-7-10-30(28)37(14-13-26(23)19-37)48-22-34-40-15-5-16-41-34/h5,8-9,11-16,18,23-24,26,28,30H,3-4,6-7,10,17,19-22H2,1-2H3,(H,42,44)/t23-,24-,26+,28+,30-,37?/m1/s1. The minimum absolute atomic E-state index is 0.0917. The minimum Gasteiger partial charge on any atom is -0.491 e. The first-order valence-corrected chi connectivity index (χ1v) is 19.1. The fourth-order valence-corrected chi connectivity index (χ4v) is 9.50. The number of hydrogen-bond acceptors (Lipinski definition) is 8. The van der Waals surface area contributed by atoms with Gasteiger partial charge in [-0.2, -0.15) is 0 Å². The maximum absolute atomic E-state index is 15.5. The minimum atomic E-state index is -4.04. The van der Waals surface area contributed by atoms with Gasteiger partial charge in [-0.15, -0.1) is 0 Å². The summed E-state index contributed by atoms with van der Waals surface area (Å²) in [6.07, 6.45) is 12.0. The van der Waals surface area contributed by atoms with E-state index in [0.717, 1.165) is 24.8 Å². The number of fused-ring (bicyclic) bond motifs is 6. The van der Waals surface area contributed by atoms with Crippen LogP contribution in [0.2, 0.25) is 5.02 Å². The van der Waals surface area contributed by atoms with Crippen LogP contribution in [0.1, 0.15) is 73.3 Å². The fraction of sp³-hybridized carbons (Fsp3) is 0.486. The van der Waals surface area contributed by atoms with Crippen molar-refractivity contribution in [2.75, 3.05) is 18.1 Å². The normalized spacial score (nSPS) is 29.5. The number of anilines is 1. The number of carbonyl (C=O) groups excluding carboxylic acids is 1. The monoisotopic (exact) mass is 708 g/mol. The Morgan fingerprint density at radius 2 is 1.96 bits per heavy atom. The third kappa shape index (κ3) is 6.69. The van der Waals surface area contributed by atoms with E-state index in [-0.39, 0.29) is 40.9 Å². The van der Waals surface area contributed by atoms with Crippen molar-refractivity contribution >= 4 is 33.2 Å². The van der Waals surface area contributed by atoms with Gasteiger partial charge in [0.15, 0.2) is 5.82 Å². The Morgan fingerprint density at radius 3 is 2.73 bits per heavy atom. The lowest BCUT2D eigenvalue weighted by Gasteiger charge is -2.50. The second kappa shape index (κ2) is 13.6. The summed E-state index contributed by atoms with van der Waals surface area (Å²) in [7, 11) is -4.04. The number of benzene rings is 2. The topological polar surface area (TPSA) is 111 Å². The molecule has 1 N–H and O–H groups in total. The van der Waals surface area contributed by atoms with Gasteiger partial charge in [-0.05, 0) is 111 Å². The first-order valence-electron chi connectivity index (χ1n) is 17.2. The van der Waals surface area contributed by atoms with Crippen molar-refractivity contribution < 1.29 is 27.1 Å². The lowest BCUT2D eigenvalue weighted by molar-refractivity contribution is -0.113. The second-order valence-corrected chi connectivity index (χ2v) is 16.4. The number of sulfonamides is 1. The Hall–Kier alpha value is -3.54. The average Bonchev–Trinajstić information content (AvgIpc) is 3.49. The van der Waals surface area contributed by atoms with Gasteiger partial charge in [-0.25, -0.2) is 27.5 Å². The lowest BCUT2D eigenvalue weighted by atomic mass is 9.63. The van der Waals surface area contributed by atoms with Gasteiger partial charge < -0.3 is 14.4 Å². The van der Waals surface area contributed by atoms with Crippen molar-refractivity contribution in [3.63, 3.8) is 0 Å². The number of nitrogens with zero attached hydrogens (tertiary/aromatic N) is 3. The quantitative estimate of drug-likeness (QED) is 0.302. The van der Waals surface area contributed by atoms with Crippen LogP contribution in [0.4, 0.5) is 10.1 Å². The number of aromatic nitrogens is 2. The lowest BCUT2D eigenvalue weighted by Crippen LogP contribution is -2.51. The molecule has 6 atom stereocenters. The van der Waals surface area contributed by atoms with E-state index in [1.807, 2.05) is 13.0 Å². The molecular weight excluding hydrogens is 667 g/mol. The number of hydrogen-bond donors (Lipinski definition) is 1. The van der Waals surface area contributed by atoms with Crippen LogP contribution in [0.15, 0.2) is 60.9 Å². The van der Waals surface area contributed by atoms with Gasteiger partial charge in [0, 0.05) is 31.0 Å². The molecule has 9 nitrogen and oxygen atoms in total. The molecule has 3 heterocycles. The van der Waals surface area contributed by atoms with E-state index >= 15 is 4.39 Å². The molecular formula is C37H42ClFN4O5S. The molecule has 1 fully saturated rings. The van der Waals surface area contributed by atoms with Crippen LogP contribution < -0.4 is 14.4 Å². The van der Waals surface area contributed by atoms with E-state index in [0.29, 0.717) is 61.8 Å². The first-order chi connectivity index (χ1) is 23.5. The van der Waals surface area contributed by atoms with E-state index in [1.165, 1.54) is 0 Å². The molecule has 2 aliphatic heterocycles. The van der Waals surface area contributed by atoms with E-state index in [2.05, 4.69) is 31.7 Å². The molecule has 3 aromatic rings. The van der Waals surface area contributed by atoms with Crippen molar-refractivity contribution in [3.8, 4) is 5.75 Å². The number of ether oxygens (including phenoxy) is 2. The zero-order valence-corrected chi connectivity index (χ0v) is 29.4. The molecule has 12 heteroatoms. The summed E-state index contributed by atoms with van der Waals surface area (Å²) in [5.74, 6) is -0.0284. The molecule has 4 bridgehead atoms. The number of allylic oxidation sites excluding steroid dienone is 1. The number of carbonyl (C=O) groups is 1. The van der Waals surface area contributed by atoms with Crippen molar-refractivity contribution in [3.05, 3.63) is 94.3 Å². The molecule has 49 heavy (non-hydrogen) atoms. The summed E-state index contributed by atoms with van der Waals surface area (Å²) in [6, 6.07) is 10.3. The highest BCUT2D eigenvalue weighted by atomic mass is 35.5. The van der Waals surface area contributed by atoms with Crippen LogP contribution in [-0.2, 0) is 34.3 Å². The molecule has 0 spiro atoms. The van der Waals surface area contributed by atoms with Crippen LogP contribution in [0.25, 0.3) is 0 Å². The van der Waals surface area contributed by atoms with Crippen molar-refractivity contribution in [2.45, 2.75) is 76.4 Å². The van der Waals surface area contributed by atoms with E-state index in [4.69, 9.17) is 21.1 Å². The average molecular weight is 709 g/mol. The molecule has 1 unspecified atom stereocenters. The zero-order valence-electron chi connectivity index (χ0n) is 27.8. The Morgan fingerprint density at radius 1 is 1.14 bits per heavy atom. The van der Waals surface area contributed by atoms with Crippen molar-refractivity contribution in [1.29, 1.82) is 0 Å². The van der Waals surface area contributed by atoms with Crippen molar-refractivity contribution in [2.24, 2.45) is 23.7 Å². The zero-order chi connectivity index (χ0) is 34.3. The number of halogens is 2. The summed E-state index contributed by atoms with van der Waals surface area (Å²) in [5.41, 5.74) is 1.60. The van der Waals surface area contributed by atoms with Gasteiger partial charge in [0.05, 0.1) is 28.2 Å². The van der Waals surface area contributed by atoms with E-state index in [1.54, 1.807) is 49.6 Å². The van der Waals surface area contributed by atoms with E-state index in [9.17, 15) is 13.2 Å². The van der Waals surface area contributed by atoms with Crippen LogP contribution in [0.3, 0.4) is 0 Å². The Kier molecular flexibility index (Phi) is 9.45. The van der Waals surface area contributed by atoms with Crippen molar-refractivity contribution in [1.82, 2.24) is 14.7 Å². The molecule has 0 saturated heterocycles. The van der Waals surface area contributed by atoms with Crippen LogP contribution >= 0.6 is 11.6 Å². The Balaban J connectivity index is 1.33. The highest BCUT2D eigenvalue weighted by Crippen LogP contribution is 2.52. The molecule has 7 rings (SSSR count). The van der Waals surface area contributed by atoms with Crippen LogP contribution in [0, 0.1) is 29.5 Å². The third-order valence-electron chi connectivity index (χ3n) is 11.2. The SMILES string of the molecule is C[C@@H]1[C@@H](C)S(=O)(=O)NC(=O)c2ccc3c(c2)N(Cc2ccc(Cl)c(F)c2CCCCO3)C[C@@H]2CC[C@H]2C2(OCc3ncccn3)C=C[C@H]1C2. The number of amides is 1. The predicted molar refractivity (Wildman–Crippen MR) is 185 cm³/mol. The molecule has 1 aromatic heterocycles. The van der Waals surface area contributed by atoms with Gasteiger partial charge in [0.1, 0.15) is 18.2 Å². The molecule has 2 aromatic carbocycles. The predicted octanol–water partition coefficient (Wildman–Crippen LogP) is 6.65. The highest BCUT2D eigenvalue weighted by molar-refractivity contribution is 7.90. The van der Waals surface area contributed by atoms with Gasteiger partial charge in [0.25, 0.3) is 5.91 Å². The summed E-state index contributed by atoms with van der Waals surface area (Å²) in [5, 5.41) is -0.755. The maximum Gasteiger partial charge on any atom is 0.264 e. The van der Waals surface area contributed by atoms with Gasteiger partial charge >= 0.3 is 0 Å². The van der Waals surface area contributed by atoms with Crippen LogP contribution in [-0.4, -0.2) is 48.3 Å². The molecule has 4 aliphatic rings. The number of rotatable bonds is 3.